The average Bonchev–Trinajstić information content (AvgIpc) is 2.94. The van der Waals surface area contributed by atoms with Gasteiger partial charge in [-0.15, -0.1) is 0 Å². The predicted molar refractivity (Wildman–Crippen MR) is 86.1 cm³/mol. The van der Waals surface area contributed by atoms with Gasteiger partial charge in [0.25, 0.3) is 0 Å². The lowest BCUT2D eigenvalue weighted by Crippen LogP contribution is -2.33. The maximum absolute atomic E-state index is 14.5. The first-order chi connectivity index (χ1) is 12.0. The van der Waals surface area contributed by atoms with E-state index in [-0.39, 0.29) is 30.2 Å². The minimum atomic E-state index is -0.735. The minimum Gasteiger partial charge on any atom is -0.442 e. The summed E-state index contributed by atoms with van der Waals surface area (Å²) in [6.45, 7) is 2.33. The van der Waals surface area contributed by atoms with Crippen LogP contribution in [0.5, 0.6) is 0 Å². The van der Waals surface area contributed by atoms with Crippen LogP contribution in [0.1, 0.15) is 18.9 Å². The van der Waals surface area contributed by atoms with Gasteiger partial charge < -0.3 is 14.8 Å². The molecule has 1 N–H and O–H groups in total. The highest BCUT2D eigenvalue weighted by molar-refractivity contribution is 5.90. The molecule has 8 heteroatoms. The predicted octanol–water partition coefficient (Wildman–Crippen LogP) is 2.23. The Bertz CT molecular complexity index is 712. The third-order valence-corrected chi connectivity index (χ3v) is 4.08. The molecule has 1 atom stereocenters. The Kier molecular flexibility index (Phi) is 4.98. The second-order valence-corrected chi connectivity index (χ2v) is 5.89. The molecule has 0 aliphatic carbocycles. The topological polar surface area (TPSA) is 67.9 Å². The lowest BCUT2D eigenvalue weighted by atomic mass is 9.99. The second-order valence-electron chi connectivity index (χ2n) is 5.89. The first-order valence-electron chi connectivity index (χ1n) is 7.94. The van der Waals surface area contributed by atoms with Crippen LogP contribution in [-0.2, 0) is 14.3 Å². The molecule has 1 aromatic carbocycles. The first kappa shape index (κ1) is 17.3. The number of benzene rings is 1. The van der Waals surface area contributed by atoms with E-state index in [0.717, 1.165) is 17.0 Å². The number of hydrogen-bond donors (Lipinski definition) is 1. The highest BCUT2D eigenvalue weighted by Gasteiger charge is 2.33. The Balaban J connectivity index is 1.80. The molecule has 2 aliphatic heterocycles. The van der Waals surface area contributed by atoms with Crippen LogP contribution >= 0.6 is 0 Å². The first-order valence-corrected chi connectivity index (χ1v) is 7.94. The molecule has 0 spiro atoms. The van der Waals surface area contributed by atoms with E-state index in [2.05, 4.69) is 5.32 Å². The Labute approximate surface area is 143 Å². The number of nitrogens with one attached hydrogen (secondary N) is 1. The molecule has 134 valence electrons. The van der Waals surface area contributed by atoms with E-state index in [1.807, 2.05) is 0 Å². The maximum atomic E-state index is 14.5. The molecule has 1 saturated heterocycles. The molecular formula is C17H18F2N2O4. The summed E-state index contributed by atoms with van der Waals surface area (Å²) in [6.07, 6.45) is 0.809. The summed E-state index contributed by atoms with van der Waals surface area (Å²) in [5, 5.41) is 2.54. The third kappa shape index (κ3) is 3.79. The van der Waals surface area contributed by atoms with Gasteiger partial charge in [0.05, 0.1) is 32.0 Å². The molecule has 2 heterocycles. The van der Waals surface area contributed by atoms with Crippen LogP contribution in [0.15, 0.2) is 18.2 Å². The van der Waals surface area contributed by atoms with Crippen molar-refractivity contribution in [2.45, 2.75) is 19.4 Å². The Morgan fingerprint density at radius 1 is 1.36 bits per heavy atom. The largest absolute Gasteiger partial charge is 0.442 e. The van der Waals surface area contributed by atoms with E-state index >= 15 is 0 Å². The van der Waals surface area contributed by atoms with Crippen LogP contribution in [0.25, 0.3) is 5.57 Å². The fraction of sp³-hybridized carbons (Fsp3) is 0.412. The number of carbonyl (C=O) groups excluding carboxylic acids is 2. The summed E-state index contributed by atoms with van der Waals surface area (Å²) in [6, 6.07) is 2.24. The van der Waals surface area contributed by atoms with Gasteiger partial charge in [0, 0.05) is 12.5 Å². The van der Waals surface area contributed by atoms with Crippen LogP contribution in [-0.4, -0.2) is 44.4 Å². The lowest BCUT2D eigenvalue weighted by molar-refractivity contribution is -0.119. The molecule has 0 unspecified atom stereocenters. The third-order valence-electron chi connectivity index (χ3n) is 4.08. The number of halogens is 2. The molecular weight excluding hydrogens is 334 g/mol. The van der Waals surface area contributed by atoms with Gasteiger partial charge in [-0.1, -0.05) is 6.08 Å². The number of carbonyl (C=O) groups is 2. The lowest BCUT2D eigenvalue weighted by Gasteiger charge is -2.18. The van der Waals surface area contributed by atoms with Gasteiger partial charge >= 0.3 is 6.09 Å². The Hall–Kier alpha value is -2.48. The average molecular weight is 352 g/mol. The molecule has 0 saturated carbocycles. The van der Waals surface area contributed by atoms with Crippen molar-refractivity contribution in [2.75, 3.05) is 31.2 Å². The SMILES string of the molecule is CC(=O)NC[C@H]1CN(c2cc(F)c(C3=CCOCC3)c(F)c2)C(=O)O1. The second kappa shape index (κ2) is 7.18. The van der Waals surface area contributed by atoms with E-state index in [4.69, 9.17) is 9.47 Å². The molecule has 2 amide bonds. The zero-order valence-electron chi connectivity index (χ0n) is 13.7. The van der Waals surface area contributed by atoms with Crippen molar-refractivity contribution in [3.05, 3.63) is 35.4 Å². The molecule has 25 heavy (non-hydrogen) atoms. The summed E-state index contributed by atoms with van der Waals surface area (Å²) in [7, 11) is 0. The fourth-order valence-electron chi connectivity index (χ4n) is 2.87. The Morgan fingerprint density at radius 3 is 2.68 bits per heavy atom. The van der Waals surface area contributed by atoms with Crippen LogP contribution in [0, 0.1) is 11.6 Å². The van der Waals surface area contributed by atoms with Crippen molar-refractivity contribution in [1.82, 2.24) is 5.32 Å². The van der Waals surface area contributed by atoms with Gasteiger partial charge in [-0.25, -0.2) is 13.6 Å². The number of rotatable bonds is 4. The van der Waals surface area contributed by atoms with Gasteiger partial charge in [-0.3, -0.25) is 9.69 Å². The zero-order chi connectivity index (χ0) is 18.0. The van der Waals surface area contributed by atoms with Crippen LogP contribution in [0.4, 0.5) is 19.3 Å². The van der Waals surface area contributed by atoms with Crippen molar-refractivity contribution >= 4 is 23.3 Å². The highest BCUT2D eigenvalue weighted by Crippen LogP contribution is 2.31. The highest BCUT2D eigenvalue weighted by atomic mass is 19.1. The van der Waals surface area contributed by atoms with Crippen molar-refractivity contribution in [1.29, 1.82) is 0 Å². The summed E-state index contributed by atoms with van der Waals surface area (Å²) in [5.74, 6) is -1.72. The normalized spacial score (nSPS) is 20.3. The van der Waals surface area contributed by atoms with Crippen LogP contribution < -0.4 is 10.2 Å². The minimum absolute atomic E-state index is 0.0849. The number of anilines is 1. The van der Waals surface area contributed by atoms with Gasteiger partial charge in [-0.05, 0) is 24.1 Å². The Morgan fingerprint density at radius 2 is 2.08 bits per heavy atom. The molecule has 0 radical (unpaired) electrons. The van der Waals surface area contributed by atoms with Crippen molar-refractivity contribution in [3.63, 3.8) is 0 Å². The number of cyclic esters (lactones) is 1. The molecule has 3 rings (SSSR count). The van der Waals surface area contributed by atoms with Crippen LogP contribution in [0.2, 0.25) is 0 Å². The maximum Gasteiger partial charge on any atom is 0.414 e. The summed E-state index contributed by atoms with van der Waals surface area (Å²) >= 11 is 0. The van der Waals surface area contributed by atoms with E-state index in [1.165, 1.54) is 6.92 Å². The van der Waals surface area contributed by atoms with E-state index in [9.17, 15) is 18.4 Å². The summed E-state index contributed by atoms with van der Waals surface area (Å²) in [4.78, 5) is 24.0. The van der Waals surface area contributed by atoms with Gasteiger partial charge in [0.1, 0.15) is 17.7 Å². The van der Waals surface area contributed by atoms with Crippen molar-refractivity contribution in [2.24, 2.45) is 0 Å². The van der Waals surface area contributed by atoms with E-state index < -0.39 is 23.8 Å². The quantitative estimate of drug-likeness (QED) is 0.902. The summed E-state index contributed by atoms with van der Waals surface area (Å²) in [5.41, 5.74) is 0.552. The van der Waals surface area contributed by atoms with E-state index in [1.54, 1.807) is 6.08 Å². The number of nitrogens with zero attached hydrogens (tertiary/aromatic N) is 1. The number of amides is 2. The summed E-state index contributed by atoms with van der Waals surface area (Å²) < 4.78 is 39.2. The van der Waals surface area contributed by atoms with Crippen LogP contribution in [0.3, 0.4) is 0 Å². The smallest absolute Gasteiger partial charge is 0.414 e. The van der Waals surface area contributed by atoms with Crippen molar-refractivity contribution in [3.8, 4) is 0 Å². The molecule has 1 aromatic rings. The number of ether oxygens (including phenoxy) is 2. The number of hydrogen-bond acceptors (Lipinski definition) is 4. The zero-order valence-corrected chi connectivity index (χ0v) is 13.7. The molecule has 1 fully saturated rings. The van der Waals surface area contributed by atoms with Crippen molar-refractivity contribution < 1.29 is 27.8 Å². The van der Waals surface area contributed by atoms with Gasteiger partial charge in [0.15, 0.2) is 0 Å². The van der Waals surface area contributed by atoms with Gasteiger partial charge in [-0.2, -0.15) is 0 Å². The monoisotopic (exact) mass is 352 g/mol. The van der Waals surface area contributed by atoms with Gasteiger partial charge in [0.2, 0.25) is 5.91 Å². The molecule has 2 aliphatic rings. The van der Waals surface area contributed by atoms with E-state index in [0.29, 0.717) is 25.2 Å². The molecule has 0 aromatic heterocycles. The molecule has 0 bridgehead atoms. The molecule has 6 nitrogen and oxygen atoms in total. The standard InChI is InChI=1S/C17H18F2N2O4/c1-10(22)20-8-13-9-21(17(23)25-13)12-6-14(18)16(15(19)7-12)11-2-4-24-5-3-11/h2,6-7,13H,3-5,8-9H2,1H3,(H,20,22)/t13-/m0/s1. The fourth-order valence-corrected chi connectivity index (χ4v) is 2.87.